The van der Waals surface area contributed by atoms with E-state index in [2.05, 4.69) is 179 Å². The largest absolute Gasteiger partial charge is 0.465 e. The van der Waals surface area contributed by atoms with Crippen LogP contribution < -0.4 is 0 Å². The zero-order valence-corrected chi connectivity index (χ0v) is 64.5. The van der Waals surface area contributed by atoms with Crippen molar-refractivity contribution >= 4 is 11.9 Å². The number of hydrogen-bond donors (Lipinski definition) is 1. The summed E-state index contributed by atoms with van der Waals surface area (Å²) in [6.07, 6.45) is 50.4. The lowest BCUT2D eigenvalue weighted by molar-refractivity contribution is -0.0174. The fourth-order valence-electron chi connectivity index (χ4n) is 14.8. The van der Waals surface area contributed by atoms with Crippen molar-refractivity contribution in [3.8, 4) is 0 Å². The fraction of sp³-hybridized carbons (Fsp3) is 0.438. The monoisotopic (exact) mass is 1430 g/mol. The van der Waals surface area contributed by atoms with Gasteiger partial charge in [0.2, 0.25) is 0 Å². The maximum atomic E-state index is 12.2. The van der Waals surface area contributed by atoms with E-state index in [9.17, 15) is 14.7 Å². The molecular weight excluding hydrogens is 1320 g/mol. The van der Waals surface area contributed by atoms with E-state index in [0.717, 1.165) is 70.4 Å². The lowest BCUT2D eigenvalue weighted by Gasteiger charge is -2.36. The van der Waals surface area contributed by atoms with E-state index >= 15 is 0 Å². The molecule has 17 nitrogen and oxygen atoms in total. The molecule has 11 aromatic rings. The third-order valence-corrected chi connectivity index (χ3v) is 20.5. The molecule has 17 heteroatoms. The Balaban J connectivity index is 0.000000151. The molecule has 3 saturated carbocycles. The van der Waals surface area contributed by atoms with Crippen LogP contribution in [0.15, 0.2) is 228 Å². The highest BCUT2D eigenvalue weighted by atomic mass is 16.5. The van der Waals surface area contributed by atoms with Gasteiger partial charge in [-0.15, -0.1) is 0 Å². The second-order valence-electron chi connectivity index (χ2n) is 30.4. The molecule has 0 saturated heterocycles. The topological polar surface area (TPSA) is 180 Å². The first-order valence-corrected chi connectivity index (χ1v) is 38.6. The quantitative estimate of drug-likeness (QED) is 0.0677. The highest BCUT2D eigenvalue weighted by molar-refractivity contribution is 5.89. The van der Waals surface area contributed by atoms with E-state index < -0.39 is 0 Å². The highest BCUT2D eigenvalue weighted by Gasteiger charge is 2.34. The number of imidazole rings is 6. The number of methoxy groups -OCH3 is 1. The molecule has 6 aromatic heterocycles. The van der Waals surface area contributed by atoms with Crippen LogP contribution in [0.5, 0.6) is 0 Å². The molecule has 6 atom stereocenters. The Hall–Kier alpha value is -9.74. The van der Waals surface area contributed by atoms with Crippen LogP contribution >= 0.6 is 0 Å². The Morgan fingerprint density at radius 3 is 1.15 bits per heavy atom. The van der Waals surface area contributed by atoms with Crippen LogP contribution in [0.4, 0.5) is 0 Å². The number of carbonyl (C=O) groups is 2. The summed E-state index contributed by atoms with van der Waals surface area (Å²) >= 11 is 0. The molecule has 1 N–H and O–H groups in total. The predicted octanol–water partition coefficient (Wildman–Crippen LogP) is 18.9. The average Bonchev–Trinajstić information content (AvgIpc) is 1.19. The van der Waals surface area contributed by atoms with E-state index in [-0.39, 0.29) is 24.1 Å². The fourth-order valence-corrected chi connectivity index (χ4v) is 14.8. The van der Waals surface area contributed by atoms with Gasteiger partial charge in [-0.1, -0.05) is 192 Å². The van der Waals surface area contributed by atoms with Crippen molar-refractivity contribution in [2.24, 2.45) is 35.5 Å². The Labute approximate surface area is 630 Å². The van der Waals surface area contributed by atoms with Gasteiger partial charge in [-0.05, 0) is 167 Å². The van der Waals surface area contributed by atoms with Gasteiger partial charge in [-0.3, -0.25) is 0 Å². The molecule has 0 radical (unpaired) electrons. The molecule has 0 bridgehead atoms. The van der Waals surface area contributed by atoms with Crippen molar-refractivity contribution in [3.63, 3.8) is 0 Å². The van der Waals surface area contributed by atoms with Crippen LogP contribution in [-0.2, 0) is 55.2 Å². The number of nitrogens with zero attached hydrogens (tertiary/aromatic N) is 12. The zero-order chi connectivity index (χ0) is 75.0. The number of aromatic nitrogens is 12. The molecular formula is C89H116N12O5. The van der Waals surface area contributed by atoms with Crippen molar-refractivity contribution in [2.45, 2.75) is 209 Å². The maximum Gasteiger partial charge on any atom is 0.338 e. The van der Waals surface area contributed by atoms with Crippen LogP contribution in [0.2, 0.25) is 0 Å². The summed E-state index contributed by atoms with van der Waals surface area (Å²) in [6.45, 7) is 25.3. The highest BCUT2D eigenvalue weighted by Crippen LogP contribution is 2.37. The van der Waals surface area contributed by atoms with Crippen molar-refractivity contribution in [1.29, 1.82) is 0 Å². The lowest BCUT2D eigenvalue weighted by Crippen LogP contribution is -2.35. The number of aliphatic hydroxyl groups is 1. The van der Waals surface area contributed by atoms with Crippen LogP contribution in [-0.4, -0.2) is 93.7 Å². The first-order valence-electron chi connectivity index (χ1n) is 38.6. The number of rotatable bonds is 21. The van der Waals surface area contributed by atoms with Crippen molar-refractivity contribution in [3.05, 3.63) is 289 Å². The third-order valence-electron chi connectivity index (χ3n) is 20.5. The SMILES string of the molecule is CC(C)[C@H]1CC[C@H](C)C[C@@H]1O.CC(C)[C@H]1CC[C@H](C)C[C@@H]1OC(=O)c1ccccc1.CC(C)c1cc(Cn2ccnc2)cc(Cn2ccnc2)c1.CCCc1cc(Cn2ccnc2)cc(Cn2ccnc2)c1.COC(=O)c1ccccc1.c1cn(Cc2cc(Cn3ccnc3)cc(C3CCCCC3)c2)cn1. The van der Waals surface area contributed by atoms with Gasteiger partial charge in [-0.2, -0.15) is 0 Å². The lowest BCUT2D eigenvalue weighted by atomic mass is 9.75. The van der Waals surface area contributed by atoms with Gasteiger partial charge in [0.25, 0.3) is 0 Å². The molecule has 0 aliphatic heterocycles. The summed E-state index contributed by atoms with van der Waals surface area (Å²) < 4.78 is 23.0. The molecule has 562 valence electrons. The third kappa shape index (κ3) is 26.7. The normalized spacial score (nSPS) is 17.8. The number of ether oxygens (including phenoxy) is 2. The van der Waals surface area contributed by atoms with Gasteiger partial charge in [0.05, 0.1) is 62.3 Å². The number of esters is 2. The Morgan fingerprint density at radius 1 is 0.443 bits per heavy atom. The van der Waals surface area contributed by atoms with E-state index in [1.165, 1.54) is 121 Å². The summed E-state index contributed by atoms with van der Waals surface area (Å²) in [5.74, 6) is 4.46. The van der Waals surface area contributed by atoms with Gasteiger partial charge < -0.3 is 42.0 Å². The summed E-state index contributed by atoms with van der Waals surface area (Å²) in [6, 6.07) is 39.1. The van der Waals surface area contributed by atoms with Crippen molar-refractivity contribution in [2.75, 3.05) is 7.11 Å². The molecule has 5 aromatic carbocycles. The number of aryl methyl sites for hydroxylation is 1. The van der Waals surface area contributed by atoms with Crippen molar-refractivity contribution in [1.82, 2.24) is 57.3 Å². The number of carbonyl (C=O) groups excluding carboxylic acids is 2. The minimum absolute atomic E-state index is 0.0289. The van der Waals surface area contributed by atoms with Gasteiger partial charge in [-0.25, -0.2) is 39.5 Å². The first kappa shape index (κ1) is 80.4. The van der Waals surface area contributed by atoms with Crippen LogP contribution in [0.25, 0.3) is 0 Å². The minimum atomic E-state index is -0.291. The Kier molecular flexibility index (Phi) is 32.2. The molecule has 3 fully saturated rings. The molecule has 3 aliphatic carbocycles. The summed E-state index contributed by atoms with van der Waals surface area (Å²) in [5.41, 5.74) is 13.6. The molecule has 0 spiro atoms. The average molecular weight is 1430 g/mol. The van der Waals surface area contributed by atoms with E-state index in [0.29, 0.717) is 46.6 Å². The predicted molar refractivity (Wildman–Crippen MR) is 423 cm³/mol. The summed E-state index contributed by atoms with van der Waals surface area (Å²) in [4.78, 5) is 47.7. The van der Waals surface area contributed by atoms with E-state index in [1.54, 1.807) is 24.3 Å². The second-order valence-corrected chi connectivity index (χ2v) is 30.4. The van der Waals surface area contributed by atoms with Crippen LogP contribution in [0, 0.1) is 35.5 Å². The van der Waals surface area contributed by atoms with Gasteiger partial charge in [0, 0.05) is 114 Å². The van der Waals surface area contributed by atoms with Crippen LogP contribution in [0.3, 0.4) is 0 Å². The van der Waals surface area contributed by atoms with E-state index in [1.807, 2.05) is 149 Å². The van der Waals surface area contributed by atoms with Crippen LogP contribution in [0.1, 0.15) is 222 Å². The zero-order valence-electron chi connectivity index (χ0n) is 64.5. The molecule has 0 unspecified atom stereocenters. The van der Waals surface area contributed by atoms with Gasteiger partial charge in [0.1, 0.15) is 6.10 Å². The molecule has 0 amide bonds. The maximum absolute atomic E-state index is 12.2. The molecule has 6 heterocycles. The van der Waals surface area contributed by atoms with Gasteiger partial charge >= 0.3 is 11.9 Å². The Morgan fingerprint density at radius 2 is 0.802 bits per heavy atom. The molecule has 14 rings (SSSR count). The molecule has 106 heavy (non-hydrogen) atoms. The van der Waals surface area contributed by atoms with E-state index in [4.69, 9.17) is 4.74 Å². The second kappa shape index (κ2) is 42.4. The number of benzene rings is 5. The minimum Gasteiger partial charge on any atom is -0.465 e. The number of hydrogen-bond acceptors (Lipinski definition) is 11. The van der Waals surface area contributed by atoms with Gasteiger partial charge in [0.15, 0.2) is 0 Å². The van der Waals surface area contributed by atoms with Crippen molar-refractivity contribution < 1.29 is 24.2 Å². The smallest absolute Gasteiger partial charge is 0.338 e. The summed E-state index contributed by atoms with van der Waals surface area (Å²) in [7, 11) is 1.37. The Bertz CT molecular complexity index is 4020. The first-order chi connectivity index (χ1) is 51.4. The molecule has 3 aliphatic rings. The number of aliphatic hydroxyl groups excluding tert-OH is 1. The summed E-state index contributed by atoms with van der Waals surface area (Å²) in [5, 5.41) is 9.71. The standard InChI is InChI=1S/C20H24N4.2C17H20N4.C17H24O2.C10H20O.C8H8O2/c1-2-4-19(5-3-1)20-11-17(13-23-8-6-21-15-23)10-18(12-20)14-24-9-7-22-16-24;1-14(2)17-8-15(10-20-5-3-18-12-20)7-16(9-17)11-21-6-4-19-13-21;1-2-3-15-8-16(11-20-6-4-18-13-20)10-17(9-15)12-21-7-5-19-14-21;1-12(2)15-10-9-13(3)11-16(15)19-17(18)14-7-5-4-6-8-14;1-7(2)9-5-4-8(3)6-10(9)11;1-10-8(9)7-5-3-2-4-6-7/h6-12,15-16,19H,1-5,13-14H2;3-9,12-14H,10-11H2,1-2H3;4-10,13-14H,2-3,11-12H2,1H3;4-8,12-13,15-16H,9-11H2,1-3H3;7-11H,4-6H2,1-3H3;2-6H,1H3/t;;;13-,15+,16-;8-,9+,10-;/m...00./s1.